The van der Waals surface area contributed by atoms with E-state index < -0.39 is 0 Å². The van der Waals surface area contributed by atoms with Gasteiger partial charge in [-0.1, -0.05) is 13.8 Å². The lowest BCUT2D eigenvalue weighted by Crippen LogP contribution is -2.22. The molecular formula is C13H15N5O2. The van der Waals surface area contributed by atoms with Crippen LogP contribution < -0.4 is 16.6 Å². The van der Waals surface area contributed by atoms with E-state index >= 15 is 0 Å². The average molecular weight is 273 g/mol. The fourth-order valence-corrected chi connectivity index (χ4v) is 1.69. The fraction of sp³-hybridized carbons (Fsp3) is 0.308. The van der Waals surface area contributed by atoms with Crippen molar-refractivity contribution in [2.24, 2.45) is 13.0 Å². The Morgan fingerprint density at radius 2 is 2.25 bits per heavy atom. The van der Waals surface area contributed by atoms with Gasteiger partial charge < -0.3 is 10.3 Å². The maximum atomic E-state index is 11.9. The third kappa shape index (κ3) is 2.49. The molecule has 0 aliphatic carbocycles. The molecule has 0 atom stereocenters. The normalized spacial score (nSPS) is 10.4. The van der Waals surface area contributed by atoms with E-state index in [4.69, 9.17) is 5.73 Å². The first-order valence-electron chi connectivity index (χ1n) is 6.06. The minimum Gasteiger partial charge on any atom is -0.369 e. The highest BCUT2D eigenvalue weighted by Gasteiger charge is 2.11. The Hall–Kier alpha value is -2.75. The molecule has 2 aromatic rings. The number of rotatable bonds is 1. The molecule has 0 aliphatic heterocycles. The van der Waals surface area contributed by atoms with Crippen molar-refractivity contribution in [2.75, 3.05) is 5.73 Å². The van der Waals surface area contributed by atoms with E-state index in [1.54, 1.807) is 31.7 Å². The Balaban J connectivity index is 2.45. The summed E-state index contributed by atoms with van der Waals surface area (Å²) in [6.45, 7) is 3.54. The second-order valence-electron chi connectivity index (χ2n) is 4.70. The van der Waals surface area contributed by atoms with Gasteiger partial charge in [0.1, 0.15) is 0 Å². The van der Waals surface area contributed by atoms with Crippen molar-refractivity contribution < 1.29 is 4.79 Å². The molecule has 0 aliphatic rings. The van der Waals surface area contributed by atoms with Crippen molar-refractivity contribution in [3.05, 3.63) is 22.1 Å². The first kappa shape index (κ1) is 13.7. The van der Waals surface area contributed by atoms with E-state index in [-0.39, 0.29) is 23.3 Å². The predicted octanol–water partition coefficient (Wildman–Crippen LogP) is -0.0750. The van der Waals surface area contributed by atoms with Gasteiger partial charge in [0.15, 0.2) is 5.65 Å². The van der Waals surface area contributed by atoms with Gasteiger partial charge in [0, 0.05) is 25.2 Å². The third-order valence-electron chi connectivity index (χ3n) is 2.75. The van der Waals surface area contributed by atoms with Crippen LogP contribution in [0.2, 0.25) is 0 Å². The predicted molar refractivity (Wildman–Crippen MR) is 75.6 cm³/mol. The van der Waals surface area contributed by atoms with Gasteiger partial charge in [-0.2, -0.15) is 4.98 Å². The number of nitrogens with zero attached hydrogens (tertiary/aromatic N) is 2. The number of aromatic nitrogens is 3. The monoisotopic (exact) mass is 273 g/mol. The second-order valence-corrected chi connectivity index (χ2v) is 4.70. The largest absolute Gasteiger partial charge is 0.369 e. The summed E-state index contributed by atoms with van der Waals surface area (Å²) in [7, 11) is 1.74. The van der Waals surface area contributed by atoms with Gasteiger partial charge in [-0.05, 0) is 5.92 Å². The van der Waals surface area contributed by atoms with Crippen molar-refractivity contribution in [1.29, 1.82) is 0 Å². The summed E-state index contributed by atoms with van der Waals surface area (Å²) in [6, 6.07) is 2.56. The fourth-order valence-electron chi connectivity index (χ4n) is 1.69. The summed E-state index contributed by atoms with van der Waals surface area (Å²) in [4.78, 5) is 29.8. The lowest BCUT2D eigenvalue weighted by Gasteiger charge is -1.98. The highest BCUT2D eigenvalue weighted by molar-refractivity contribution is 5.84. The van der Waals surface area contributed by atoms with Gasteiger partial charge in [0.25, 0.3) is 5.56 Å². The quantitative estimate of drug-likeness (QED) is 0.499. The molecule has 0 spiro atoms. The Bertz CT molecular complexity index is 789. The summed E-state index contributed by atoms with van der Waals surface area (Å²) < 4.78 is 1.66. The summed E-state index contributed by atoms with van der Waals surface area (Å²) in [5.41, 5.74) is 6.09. The number of carbonyl (C=O) groups is 1. The van der Waals surface area contributed by atoms with Crippen LogP contribution in [0.3, 0.4) is 0 Å². The van der Waals surface area contributed by atoms with Crippen LogP contribution in [0.25, 0.3) is 11.0 Å². The molecule has 0 fully saturated rings. The Kier molecular flexibility index (Phi) is 3.48. The number of anilines is 1. The Labute approximate surface area is 115 Å². The molecule has 0 unspecified atom stereocenters. The van der Waals surface area contributed by atoms with Crippen molar-refractivity contribution in [3.8, 4) is 12.0 Å². The van der Waals surface area contributed by atoms with Crippen LogP contribution >= 0.6 is 0 Å². The molecule has 0 bridgehead atoms. The van der Waals surface area contributed by atoms with Crippen LogP contribution in [0.4, 0.5) is 5.95 Å². The van der Waals surface area contributed by atoms with E-state index in [0.29, 0.717) is 16.6 Å². The number of aryl methyl sites for hydroxylation is 1. The van der Waals surface area contributed by atoms with Gasteiger partial charge in [-0.3, -0.25) is 19.9 Å². The zero-order valence-electron chi connectivity index (χ0n) is 11.4. The van der Waals surface area contributed by atoms with Crippen LogP contribution in [-0.4, -0.2) is 20.4 Å². The van der Waals surface area contributed by atoms with Crippen LogP contribution in [-0.2, 0) is 11.8 Å². The number of H-pyrrole nitrogens is 1. The Morgan fingerprint density at radius 1 is 1.55 bits per heavy atom. The minimum absolute atomic E-state index is 0.0521. The molecular weight excluding hydrogens is 258 g/mol. The number of carbonyl (C=O) groups excluding carboxylic acids is 1. The molecule has 7 nitrogen and oxygen atoms in total. The molecule has 0 saturated heterocycles. The van der Waals surface area contributed by atoms with Gasteiger partial charge in [0.2, 0.25) is 11.9 Å². The topological polar surface area (TPSA) is 106 Å². The minimum atomic E-state index is -0.354. The molecule has 7 heteroatoms. The third-order valence-corrected chi connectivity index (χ3v) is 2.75. The zero-order chi connectivity index (χ0) is 14.9. The summed E-state index contributed by atoms with van der Waals surface area (Å²) >= 11 is 0. The van der Waals surface area contributed by atoms with E-state index in [1.165, 1.54) is 0 Å². The van der Waals surface area contributed by atoms with Gasteiger partial charge >= 0.3 is 0 Å². The summed E-state index contributed by atoms with van der Waals surface area (Å²) in [5.74, 6) is 2.48. The average Bonchev–Trinajstić information content (AvgIpc) is 2.66. The maximum absolute atomic E-state index is 11.9. The lowest BCUT2D eigenvalue weighted by molar-refractivity contribution is -0.122. The van der Waals surface area contributed by atoms with E-state index in [0.717, 1.165) is 0 Å². The number of hydrogen-bond donors (Lipinski definition) is 3. The van der Waals surface area contributed by atoms with Crippen molar-refractivity contribution in [3.63, 3.8) is 0 Å². The second kappa shape index (κ2) is 5.09. The van der Waals surface area contributed by atoms with Crippen molar-refractivity contribution in [1.82, 2.24) is 19.9 Å². The summed E-state index contributed by atoms with van der Waals surface area (Å²) in [6.07, 6.45) is 1.67. The molecule has 4 N–H and O–H groups in total. The van der Waals surface area contributed by atoms with Gasteiger partial charge in [-0.15, -0.1) is 0 Å². The van der Waals surface area contributed by atoms with E-state index in [1.807, 2.05) is 0 Å². The first-order valence-corrected chi connectivity index (χ1v) is 6.06. The zero-order valence-corrected chi connectivity index (χ0v) is 11.4. The molecule has 0 saturated carbocycles. The van der Waals surface area contributed by atoms with Crippen LogP contribution in [0.15, 0.2) is 11.0 Å². The molecule has 0 radical (unpaired) electrons. The highest BCUT2D eigenvalue weighted by atomic mass is 16.1. The van der Waals surface area contributed by atoms with Crippen molar-refractivity contribution in [2.45, 2.75) is 13.8 Å². The molecule has 2 rings (SSSR count). The highest BCUT2D eigenvalue weighted by Crippen LogP contribution is 2.13. The van der Waals surface area contributed by atoms with Crippen LogP contribution in [0.1, 0.15) is 19.4 Å². The van der Waals surface area contributed by atoms with Gasteiger partial charge in [0.05, 0.1) is 10.9 Å². The van der Waals surface area contributed by atoms with Gasteiger partial charge in [-0.25, -0.2) is 0 Å². The number of nitrogen functional groups attached to an aromatic ring is 1. The maximum Gasteiger partial charge on any atom is 0.263 e. The molecule has 104 valence electrons. The lowest BCUT2D eigenvalue weighted by atomic mass is 10.2. The SMILES string of the molecule is CC(C)C(=O)NC#Cc1cn(C)c2nc(N)[nH]c(=O)c12. The standard InChI is InChI=1S/C13H15N5O2/c1-7(2)11(19)15-5-4-8-6-18(3)10-9(8)12(20)17-13(14)16-10/h6-7H,1-3H3,(H,15,19)(H3,14,16,17,20). The van der Waals surface area contributed by atoms with Crippen LogP contribution in [0.5, 0.6) is 0 Å². The number of nitrogens with two attached hydrogens (primary N) is 1. The molecule has 2 aromatic heterocycles. The van der Waals surface area contributed by atoms with E-state index in [9.17, 15) is 9.59 Å². The summed E-state index contributed by atoms with van der Waals surface area (Å²) in [5, 5.41) is 2.82. The first-order chi connectivity index (χ1) is 9.40. The van der Waals surface area contributed by atoms with Crippen molar-refractivity contribution >= 4 is 22.9 Å². The number of fused-ring (bicyclic) bond motifs is 1. The van der Waals surface area contributed by atoms with Crippen LogP contribution in [0, 0.1) is 17.9 Å². The molecule has 20 heavy (non-hydrogen) atoms. The smallest absolute Gasteiger partial charge is 0.263 e. The molecule has 0 aromatic carbocycles. The number of nitrogens with one attached hydrogen (secondary N) is 2. The molecule has 1 amide bonds. The Morgan fingerprint density at radius 3 is 2.90 bits per heavy atom. The number of amides is 1. The van der Waals surface area contributed by atoms with E-state index in [2.05, 4.69) is 27.2 Å². The number of hydrogen-bond acceptors (Lipinski definition) is 4. The number of aromatic amines is 1. The molecule has 2 heterocycles.